The second-order valence-corrected chi connectivity index (χ2v) is 9.85. The van der Waals surface area contributed by atoms with Crippen LogP contribution in [0.4, 0.5) is 0 Å². The van der Waals surface area contributed by atoms with Crippen molar-refractivity contribution in [3.05, 3.63) is 65.2 Å². The van der Waals surface area contributed by atoms with Gasteiger partial charge in [-0.2, -0.15) is 5.26 Å². The maximum Gasteiger partial charge on any atom is 0.257 e. The van der Waals surface area contributed by atoms with Crippen LogP contribution in [0, 0.1) is 11.3 Å². The van der Waals surface area contributed by atoms with Crippen LogP contribution >= 0.6 is 0 Å². The molecule has 0 unspecified atom stereocenters. The molecule has 0 aromatic heterocycles. The molecule has 2 aromatic rings. The Balaban J connectivity index is 1.69. The third-order valence-electron chi connectivity index (χ3n) is 7.32. The second kappa shape index (κ2) is 12.2. The third kappa shape index (κ3) is 6.30. The van der Waals surface area contributed by atoms with Gasteiger partial charge in [-0.1, -0.05) is 36.4 Å². The zero-order valence-electron chi connectivity index (χ0n) is 21.8. The van der Waals surface area contributed by atoms with Gasteiger partial charge < -0.3 is 24.0 Å². The molecule has 1 fully saturated rings. The van der Waals surface area contributed by atoms with Crippen LogP contribution in [-0.2, 0) is 14.3 Å². The monoisotopic (exact) mass is 505 g/mol. The maximum absolute atomic E-state index is 13.6. The Morgan fingerprint density at radius 2 is 1.76 bits per heavy atom. The minimum Gasteiger partial charge on any atom is -0.491 e. The van der Waals surface area contributed by atoms with E-state index in [1.165, 1.54) is 0 Å². The van der Waals surface area contributed by atoms with Gasteiger partial charge in [-0.05, 0) is 30.5 Å². The van der Waals surface area contributed by atoms with Gasteiger partial charge in [0.25, 0.3) is 5.91 Å². The van der Waals surface area contributed by atoms with Gasteiger partial charge in [0.1, 0.15) is 17.9 Å². The van der Waals surface area contributed by atoms with E-state index >= 15 is 0 Å². The first kappa shape index (κ1) is 26.6. The highest BCUT2D eigenvalue weighted by Gasteiger charge is 2.34. The fourth-order valence-electron chi connectivity index (χ4n) is 5.19. The molecule has 0 saturated carbocycles. The molecule has 196 valence electrons. The summed E-state index contributed by atoms with van der Waals surface area (Å²) >= 11 is 0. The SMILES string of the molecule is CO[C@H]1CC[C@@H]2CCOc3c(C#N)cccc3C(=O)N(C)C[C@H](c3ccccc3)CC(=O)N(C)C[C@@H]1O2. The highest BCUT2D eigenvalue weighted by Crippen LogP contribution is 2.30. The molecular formula is C29H35N3O5. The highest BCUT2D eigenvalue weighted by atomic mass is 16.5. The summed E-state index contributed by atoms with van der Waals surface area (Å²) in [4.78, 5) is 30.3. The number of nitriles is 1. The number of ether oxygens (including phenoxy) is 3. The summed E-state index contributed by atoms with van der Waals surface area (Å²) in [6.07, 6.45) is 2.07. The Bertz CT molecular complexity index is 1130. The second-order valence-electron chi connectivity index (χ2n) is 9.85. The van der Waals surface area contributed by atoms with Crippen molar-refractivity contribution in [2.45, 2.75) is 49.9 Å². The zero-order chi connectivity index (χ0) is 26.4. The van der Waals surface area contributed by atoms with Gasteiger partial charge in [0.05, 0.1) is 29.9 Å². The molecule has 37 heavy (non-hydrogen) atoms. The summed E-state index contributed by atoms with van der Waals surface area (Å²) in [5.74, 6) is -0.182. The number of hydrogen-bond donors (Lipinski definition) is 0. The molecule has 0 aliphatic carbocycles. The van der Waals surface area contributed by atoms with E-state index in [1.54, 1.807) is 49.2 Å². The predicted octanol–water partition coefficient (Wildman–Crippen LogP) is 3.61. The molecule has 2 bridgehead atoms. The van der Waals surface area contributed by atoms with Crippen LogP contribution in [0.2, 0.25) is 0 Å². The molecule has 0 radical (unpaired) electrons. The molecule has 2 heterocycles. The van der Waals surface area contributed by atoms with Crippen molar-refractivity contribution in [3.63, 3.8) is 0 Å². The van der Waals surface area contributed by atoms with Gasteiger partial charge in [-0.15, -0.1) is 0 Å². The van der Waals surface area contributed by atoms with Crippen molar-refractivity contribution in [2.24, 2.45) is 0 Å². The normalized spacial score (nSPS) is 25.7. The quantitative estimate of drug-likeness (QED) is 0.619. The van der Waals surface area contributed by atoms with E-state index in [0.717, 1.165) is 18.4 Å². The van der Waals surface area contributed by atoms with Crippen LogP contribution in [0.1, 0.15) is 53.1 Å². The standard InChI is InChI=1S/C29H35N3O5/c1-31-19-26-25(35-3)13-12-23(37-26)14-15-36-28-21(17-30)10-7-11-24(28)29(34)32(2)18-22(16-27(31)33)20-8-5-4-6-9-20/h4-11,22-23,25-26H,12-16,18-19H2,1-3H3/t22-,23-,25+,26+/m1/s1. The molecule has 2 aromatic carbocycles. The number of para-hydroxylation sites is 1. The third-order valence-corrected chi connectivity index (χ3v) is 7.32. The summed E-state index contributed by atoms with van der Waals surface area (Å²) in [6.45, 7) is 1.06. The van der Waals surface area contributed by atoms with Gasteiger partial charge in [-0.25, -0.2) is 0 Å². The van der Waals surface area contributed by atoms with Crippen molar-refractivity contribution < 1.29 is 23.8 Å². The lowest BCUT2D eigenvalue weighted by Crippen LogP contribution is -2.48. The van der Waals surface area contributed by atoms with E-state index in [-0.39, 0.29) is 42.5 Å². The van der Waals surface area contributed by atoms with Crippen LogP contribution in [0.3, 0.4) is 0 Å². The van der Waals surface area contributed by atoms with Gasteiger partial charge in [0, 0.05) is 53.1 Å². The number of fused-ring (bicyclic) bond motifs is 3. The molecule has 2 aliphatic heterocycles. The van der Waals surface area contributed by atoms with Crippen molar-refractivity contribution in [3.8, 4) is 11.8 Å². The Morgan fingerprint density at radius 1 is 0.973 bits per heavy atom. The van der Waals surface area contributed by atoms with Crippen LogP contribution in [0.15, 0.2) is 48.5 Å². The largest absolute Gasteiger partial charge is 0.491 e. The molecule has 2 aliphatic rings. The van der Waals surface area contributed by atoms with Crippen LogP contribution < -0.4 is 4.74 Å². The number of carbonyl (C=O) groups excluding carboxylic acids is 2. The lowest BCUT2D eigenvalue weighted by Gasteiger charge is -2.38. The number of amides is 2. The number of hydrogen-bond acceptors (Lipinski definition) is 6. The van der Waals surface area contributed by atoms with Gasteiger partial charge in [0.2, 0.25) is 5.91 Å². The number of benzene rings is 2. The van der Waals surface area contributed by atoms with E-state index in [1.807, 2.05) is 30.3 Å². The summed E-state index contributed by atoms with van der Waals surface area (Å²) in [7, 11) is 5.20. The molecule has 8 nitrogen and oxygen atoms in total. The molecular weight excluding hydrogens is 470 g/mol. The van der Waals surface area contributed by atoms with Gasteiger partial charge in [-0.3, -0.25) is 9.59 Å². The average Bonchev–Trinajstić information content (AvgIpc) is 2.92. The lowest BCUT2D eigenvalue weighted by molar-refractivity contribution is -0.150. The maximum atomic E-state index is 13.6. The summed E-state index contributed by atoms with van der Waals surface area (Å²) in [5, 5.41) is 9.69. The summed E-state index contributed by atoms with van der Waals surface area (Å²) < 4.78 is 18.1. The summed E-state index contributed by atoms with van der Waals surface area (Å²) in [6, 6.07) is 17.0. The zero-order valence-corrected chi connectivity index (χ0v) is 21.8. The molecule has 0 spiro atoms. The van der Waals surface area contributed by atoms with E-state index in [4.69, 9.17) is 14.2 Å². The van der Waals surface area contributed by atoms with Crippen molar-refractivity contribution >= 4 is 11.8 Å². The van der Waals surface area contributed by atoms with Crippen LogP contribution in [-0.4, -0.2) is 80.8 Å². The van der Waals surface area contributed by atoms with Crippen LogP contribution in [0.5, 0.6) is 5.75 Å². The topological polar surface area (TPSA) is 92.1 Å². The Labute approximate surface area is 218 Å². The fraction of sp³-hybridized carbons (Fsp3) is 0.483. The molecule has 4 atom stereocenters. The Kier molecular flexibility index (Phi) is 8.80. The number of likely N-dealkylation sites (N-methyl/N-ethyl adjacent to an activating group) is 2. The fourth-order valence-corrected chi connectivity index (χ4v) is 5.19. The van der Waals surface area contributed by atoms with E-state index < -0.39 is 0 Å². The molecule has 8 heteroatoms. The number of methoxy groups -OCH3 is 1. The Morgan fingerprint density at radius 3 is 2.49 bits per heavy atom. The van der Waals surface area contributed by atoms with Crippen molar-refractivity contribution in [2.75, 3.05) is 40.9 Å². The van der Waals surface area contributed by atoms with Crippen molar-refractivity contribution in [1.82, 2.24) is 9.80 Å². The highest BCUT2D eigenvalue weighted by molar-refractivity contribution is 5.97. The predicted molar refractivity (Wildman–Crippen MR) is 138 cm³/mol. The first-order valence-corrected chi connectivity index (χ1v) is 12.8. The van der Waals surface area contributed by atoms with Gasteiger partial charge in [0.15, 0.2) is 0 Å². The number of rotatable bonds is 2. The first-order chi connectivity index (χ1) is 17.9. The molecule has 1 saturated heterocycles. The number of carbonyl (C=O) groups is 2. The van der Waals surface area contributed by atoms with E-state index in [9.17, 15) is 14.9 Å². The minimum absolute atomic E-state index is 0.0159. The number of nitrogens with zero attached hydrogens (tertiary/aromatic N) is 3. The molecule has 0 N–H and O–H groups in total. The lowest BCUT2D eigenvalue weighted by atomic mass is 9.93. The van der Waals surface area contributed by atoms with E-state index in [2.05, 4.69) is 6.07 Å². The minimum atomic E-state index is -0.252. The first-order valence-electron chi connectivity index (χ1n) is 12.8. The smallest absolute Gasteiger partial charge is 0.257 e. The summed E-state index contributed by atoms with van der Waals surface area (Å²) in [5.41, 5.74) is 1.64. The van der Waals surface area contributed by atoms with Gasteiger partial charge >= 0.3 is 0 Å². The molecule has 4 rings (SSSR count). The average molecular weight is 506 g/mol. The Hall–Kier alpha value is -3.41. The molecule has 2 amide bonds. The van der Waals surface area contributed by atoms with Crippen molar-refractivity contribution in [1.29, 1.82) is 5.26 Å². The van der Waals surface area contributed by atoms with E-state index in [0.29, 0.717) is 43.0 Å². The van der Waals surface area contributed by atoms with Crippen LogP contribution in [0.25, 0.3) is 0 Å².